The Morgan fingerprint density at radius 3 is 1.74 bits per heavy atom. The first kappa shape index (κ1) is 14.8. The van der Waals surface area contributed by atoms with E-state index < -0.39 is 5.82 Å². The predicted molar refractivity (Wildman–Crippen MR) is 85.1 cm³/mol. The first-order chi connectivity index (χ1) is 11.3. The zero-order chi connectivity index (χ0) is 15.9. The maximum atomic E-state index is 12.7. The van der Waals surface area contributed by atoms with Crippen LogP contribution in [0.15, 0.2) is 55.1 Å². The van der Waals surface area contributed by atoms with Crippen molar-refractivity contribution in [1.29, 1.82) is 0 Å². The first-order valence-electron chi connectivity index (χ1n) is 7.10. The van der Waals surface area contributed by atoms with Crippen LogP contribution in [0.4, 0.5) is 16.3 Å². The van der Waals surface area contributed by atoms with E-state index in [0.29, 0.717) is 25.0 Å². The maximum absolute atomic E-state index is 12.7. The molecule has 6 nitrogen and oxygen atoms in total. The van der Waals surface area contributed by atoms with Gasteiger partial charge in [-0.05, 0) is 17.2 Å². The fourth-order valence-corrected chi connectivity index (χ4v) is 1.93. The molecule has 0 saturated carbocycles. The predicted octanol–water partition coefficient (Wildman–Crippen LogP) is 2.63. The molecule has 0 spiro atoms. The zero-order valence-corrected chi connectivity index (χ0v) is 12.3. The van der Waals surface area contributed by atoms with Crippen molar-refractivity contribution in [3.63, 3.8) is 0 Å². The third-order valence-corrected chi connectivity index (χ3v) is 3.11. The monoisotopic (exact) mass is 310 g/mol. The van der Waals surface area contributed by atoms with Gasteiger partial charge in [0.1, 0.15) is 0 Å². The molecule has 3 rings (SSSR count). The van der Waals surface area contributed by atoms with Crippen LogP contribution < -0.4 is 10.6 Å². The topological polar surface area (TPSA) is 75.6 Å². The van der Waals surface area contributed by atoms with Crippen molar-refractivity contribution < 1.29 is 4.39 Å². The van der Waals surface area contributed by atoms with Crippen molar-refractivity contribution in [2.24, 2.45) is 0 Å². The van der Waals surface area contributed by atoms with Crippen LogP contribution in [-0.2, 0) is 13.1 Å². The smallest absolute Gasteiger partial charge is 0.223 e. The van der Waals surface area contributed by atoms with Gasteiger partial charge in [0.25, 0.3) is 0 Å². The summed E-state index contributed by atoms with van der Waals surface area (Å²) < 4.78 is 12.7. The van der Waals surface area contributed by atoms with E-state index in [1.54, 1.807) is 18.5 Å². The van der Waals surface area contributed by atoms with Crippen LogP contribution >= 0.6 is 0 Å². The number of hydrogen-bond acceptors (Lipinski definition) is 6. The fraction of sp³-hybridized carbons (Fsp3) is 0.125. The molecule has 2 heterocycles. The lowest BCUT2D eigenvalue weighted by atomic mass is 10.1. The lowest BCUT2D eigenvalue weighted by Crippen LogP contribution is -2.05. The quantitative estimate of drug-likeness (QED) is 0.729. The Kier molecular flexibility index (Phi) is 4.68. The van der Waals surface area contributed by atoms with Gasteiger partial charge in [0.15, 0.2) is 5.82 Å². The van der Waals surface area contributed by atoms with Crippen LogP contribution in [0.25, 0.3) is 0 Å². The van der Waals surface area contributed by atoms with Gasteiger partial charge < -0.3 is 10.6 Å². The Balaban J connectivity index is 1.51. The van der Waals surface area contributed by atoms with Crippen molar-refractivity contribution in [2.75, 3.05) is 10.6 Å². The van der Waals surface area contributed by atoms with Gasteiger partial charge in [-0.1, -0.05) is 24.3 Å². The van der Waals surface area contributed by atoms with Crippen LogP contribution in [-0.4, -0.2) is 19.9 Å². The van der Waals surface area contributed by atoms with Gasteiger partial charge >= 0.3 is 0 Å². The summed E-state index contributed by atoms with van der Waals surface area (Å²) in [7, 11) is 0. The number of anilines is 2. The largest absolute Gasteiger partial charge is 0.350 e. The SMILES string of the molecule is Fc1cnc(NCc2ccc(CNc3ncccn3)cc2)nc1. The molecule has 1 aromatic carbocycles. The molecule has 2 N–H and O–H groups in total. The Bertz CT molecular complexity index is 731. The minimum Gasteiger partial charge on any atom is -0.350 e. The summed E-state index contributed by atoms with van der Waals surface area (Å²) in [4.78, 5) is 15.9. The van der Waals surface area contributed by atoms with Gasteiger partial charge in [-0.3, -0.25) is 0 Å². The van der Waals surface area contributed by atoms with Crippen molar-refractivity contribution >= 4 is 11.9 Å². The number of nitrogens with one attached hydrogen (secondary N) is 2. The minimum atomic E-state index is -0.449. The number of hydrogen-bond donors (Lipinski definition) is 2. The molecule has 0 amide bonds. The molecule has 2 aromatic heterocycles. The first-order valence-corrected chi connectivity index (χ1v) is 7.10. The molecule has 7 heteroatoms. The second-order valence-electron chi connectivity index (χ2n) is 4.82. The van der Waals surface area contributed by atoms with Crippen LogP contribution in [0.3, 0.4) is 0 Å². The van der Waals surface area contributed by atoms with E-state index in [1.165, 1.54) is 0 Å². The molecule has 23 heavy (non-hydrogen) atoms. The number of nitrogens with zero attached hydrogens (tertiary/aromatic N) is 4. The summed E-state index contributed by atoms with van der Waals surface area (Å²) in [5, 5.41) is 6.19. The van der Waals surface area contributed by atoms with Gasteiger partial charge in [-0.15, -0.1) is 0 Å². The molecular weight excluding hydrogens is 295 g/mol. The highest BCUT2D eigenvalue weighted by Crippen LogP contribution is 2.08. The average Bonchev–Trinajstić information content (AvgIpc) is 2.61. The van der Waals surface area contributed by atoms with Gasteiger partial charge in [-0.2, -0.15) is 0 Å². The van der Waals surface area contributed by atoms with E-state index in [2.05, 4.69) is 30.6 Å². The van der Waals surface area contributed by atoms with Gasteiger partial charge in [0.2, 0.25) is 11.9 Å². The highest BCUT2D eigenvalue weighted by Gasteiger charge is 1.99. The maximum Gasteiger partial charge on any atom is 0.223 e. The van der Waals surface area contributed by atoms with Gasteiger partial charge in [-0.25, -0.2) is 24.3 Å². The summed E-state index contributed by atoms with van der Waals surface area (Å²) in [6.07, 6.45) is 5.66. The van der Waals surface area contributed by atoms with E-state index in [4.69, 9.17) is 0 Å². The standard InChI is InChI=1S/C16H15FN6/c17-14-10-22-16(23-11-14)21-9-13-4-2-12(3-5-13)8-20-15-18-6-1-7-19-15/h1-7,10-11H,8-9H2,(H,18,19,20)(H,21,22,23). The second kappa shape index (κ2) is 7.26. The Hall–Kier alpha value is -3.09. The number of benzene rings is 1. The van der Waals surface area contributed by atoms with Crippen molar-refractivity contribution in [3.8, 4) is 0 Å². The molecule has 116 valence electrons. The van der Waals surface area contributed by atoms with E-state index >= 15 is 0 Å². The molecule has 0 aliphatic carbocycles. The number of halogens is 1. The molecule has 0 saturated heterocycles. The van der Waals surface area contributed by atoms with E-state index in [1.807, 2.05) is 24.3 Å². The molecule has 0 bridgehead atoms. The third-order valence-electron chi connectivity index (χ3n) is 3.11. The number of aromatic nitrogens is 4. The molecule has 0 atom stereocenters. The van der Waals surface area contributed by atoms with E-state index in [9.17, 15) is 4.39 Å². The van der Waals surface area contributed by atoms with Crippen LogP contribution in [0, 0.1) is 5.82 Å². The normalized spacial score (nSPS) is 10.3. The molecule has 0 aliphatic heterocycles. The lowest BCUT2D eigenvalue weighted by Gasteiger charge is -2.07. The Morgan fingerprint density at radius 2 is 1.22 bits per heavy atom. The lowest BCUT2D eigenvalue weighted by molar-refractivity contribution is 0.614. The summed E-state index contributed by atoms with van der Waals surface area (Å²) in [5.41, 5.74) is 2.21. The van der Waals surface area contributed by atoms with Gasteiger partial charge in [0.05, 0.1) is 12.4 Å². The number of rotatable bonds is 6. The average molecular weight is 310 g/mol. The fourth-order valence-electron chi connectivity index (χ4n) is 1.93. The Labute approximate surface area is 132 Å². The molecule has 0 radical (unpaired) electrons. The summed E-state index contributed by atoms with van der Waals surface area (Å²) >= 11 is 0. The van der Waals surface area contributed by atoms with Crippen LogP contribution in [0.5, 0.6) is 0 Å². The van der Waals surface area contributed by atoms with Crippen molar-refractivity contribution in [1.82, 2.24) is 19.9 Å². The molecular formula is C16H15FN6. The molecule has 0 aliphatic rings. The van der Waals surface area contributed by atoms with Crippen molar-refractivity contribution in [2.45, 2.75) is 13.1 Å². The molecule has 0 unspecified atom stereocenters. The van der Waals surface area contributed by atoms with E-state index in [-0.39, 0.29) is 0 Å². The zero-order valence-electron chi connectivity index (χ0n) is 12.3. The van der Waals surface area contributed by atoms with Crippen LogP contribution in [0.2, 0.25) is 0 Å². The minimum absolute atomic E-state index is 0.401. The van der Waals surface area contributed by atoms with Gasteiger partial charge in [0, 0.05) is 25.5 Å². The van der Waals surface area contributed by atoms with E-state index in [0.717, 1.165) is 23.5 Å². The highest BCUT2D eigenvalue weighted by molar-refractivity contribution is 5.31. The van der Waals surface area contributed by atoms with Crippen LogP contribution in [0.1, 0.15) is 11.1 Å². The third kappa shape index (κ3) is 4.44. The summed E-state index contributed by atoms with van der Waals surface area (Å²) in [6.45, 7) is 1.22. The highest BCUT2D eigenvalue weighted by atomic mass is 19.1. The second-order valence-corrected chi connectivity index (χ2v) is 4.82. The Morgan fingerprint density at radius 1 is 0.739 bits per heavy atom. The van der Waals surface area contributed by atoms with Crippen molar-refractivity contribution in [3.05, 3.63) is 72.1 Å². The summed E-state index contributed by atoms with van der Waals surface area (Å²) in [5.74, 6) is 0.555. The molecule has 3 aromatic rings. The summed E-state index contributed by atoms with van der Waals surface area (Å²) in [6, 6.07) is 9.85. The molecule has 0 fully saturated rings.